The van der Waals surface area contributed by atoms with Gasteiger partial charge in [-0.25, -0.2) is 0 Å². The number of carbonyl (C=O) groups excluding carboxylic acids is 1. The van der Waals surface area contributed by atoms with Crippen LogP contribution < -0.4 is 14.5 Å². The van der Waals surface area contributed by atoms with Crippen molar-refractivity contribution in [2.24, 2.45) is 0 Å². The van der Waals surface area contributed by atoms with Gasteiger partial charge < -0.3 is 19.6 Å². The zero-order valence-electron chi connectivity index (χ0n) is 21.3. The highest BCUT2D eigenvalue weighted by Gasteiger charge is 2.32. The molecule has 1 N–H and O–H groups in total. The Morgan fingerprint density at radius 3 is 2.41 bits per heavy atom. The number of carbonyl (C=O) groups is 1. The van der Waals surface area contributed by atoms with Crippen LogP contribution in [-0.2, 0) is 6.54 Å². The van der Waals surface area contributed by atoms with Gasteiger partial charge in [-0.1, -0.05) is 29.8 Å². The van der Waals surface area contributed by atoms with Gasteiger partial charge in [-0.15, -0.1) is 0 Å². The van der Waals surface area contributed by atoms with Crippen LogP contribution in [0.15, 0.2) is 66.4 Å². The number of halogens is 1. The lowest BCUT2D eigenvalue weighted by molar-refractivity contribution is 0.101. The molecule has 6 nitrogen and oxygen atoms in total. The highest BCUT2D eigenvalue weighted by atomic mass is 35.5. The number of ketones is 1. The van der Waals surface area contributed by atoms with Crippen LogP contribution >= 0.6 is 11.6 Å². The van der Waals surface area contributed by atoms with E-state index in [1.807, 2.05) is 30.3 Å². The molecule has 0 saturated carbocycles. The lowest BCUT2D eigenvalue weighted by Gasteiger charge is -2.36. The third-order valence-corrected chi connectivity index (χ3v) is 7.40. The van der Waals surface area contributed by atoms with Crippen molar-refractivity contribution >= 4 is 34.8 Å². The fourth-order valence-corrected chi connectivity index (χ4v) is 5.22. The summed E-state index contributed by atoms with van der Waals surface area (Å²) in [5, 5.41) is 11.4. The standard InChI is InChI=1S/C30H32ClN3O3/c1-3-33(4-2)23-10-8-21(9-11-23)18-28-29(36)25-12-13-27(35)26(30(25)37-28)20-32-14-16-34(17-15-32)24-7-5-6-22(31)19-24/h5-13,18-19,35H,3-4,14-17,20H2,1-2H3/b28-18+. The van der Waals surface area contributed by atoms with E-state index < -0.39 is 0 Å². The van der Waals surface area contributed by atoms with Crippen molar-refractivity contribution in [1.29, 1.82) is 0 Å². The number of hydrogen-bond donors (Lipinski definition) is 1. The number of phenolic OH excluding ortho intramolecular Hbond substituents is 1. The Bertz CT molecular complexity index is 1310. The molecule has 5 rings (SSSR count). The van der Waals surface area contributed by atoms with Crippen molar-refractivity contribution in [2.45, 2.75) is 20.4 Å². The topological polar surface area (TPSA) is 56.3 Å². The van der Waals surface area contributed by atoms with Crippen LogP contribution in [0.3, 0.4) is 0 Å². The number of ether oxygens (including phenoxy) is 1. The molecule has 0 atom stereocenters. The molecule has 0 aromatic heterocycles. The fraction of sp³-hybridized carbons (Fsp3) is 0.300. The van der Waals surface area contributed by atoms with E-state index >= 15 is 0 Å². The summed E-state index contributed by atoms with van der Waals surface area (Å²) >= 11 is 6.16. The molecule has 0 bridgehead atoms. The van der Waals surface area contributed by atoms with E-state index in [9.17, 15) is 9.90 Å². The molecule has 1 saturated heterocycles. The molecule has 0 radical (unpaired) electrons. The summed E-state index contributed by atoms with van der Waals surface area (Å²) in [6, 6.07) is 19.3. The highest BCUT2D eigenvalue weighted by Crippen LogP contribution is 2.40. The molecule has 1 fully saturated rings. The first-order valence-corrected chi connectivity index (χ1v) is 13.2. The molecule has 0 spiro atoms. The van der Waals surface area contributed by atoms with Crippen LogP contribution in [0.1, 0.15) is 35.3 Å². The molecule has 2 heterocycles. The maximum Gasteiger partial charge on any atom is 0.231 e. The van der Waals surface area contributed by atoms with E-state index in [0.29, 0.717) is 23.4 Å². The molecule has 37 heavy (non-hydrogen) atoms. The Balaban J connectivity index is 1.30. The first-order valence-electron chi connectivity index (χ1n) is 12.8. The first-order chi connectivity index (χ1) is 18.0. The molecule has 7 heteroatoms. The number of aromatic hydroxyl groups is 1. The van der Waals surface area contributed by atoms with Crippen molar-refractivity contribution in [2.75, 3.05) is 49.1 Å². The lowest BCUT2D eigenvalue weighted by Crippen LogP contribution is -2.46. The smallest absolute Gasteiger partial charge is 0.231 e. The van der Waals surface area contributed by atoms with Gasteiger partial charge in [0.15, 0.2) is 5.76 Å². The minimum atomic E-state index is -0.158. The first kappa shape index (κ1) is 25.2. The molecule has 192 valence electrons. The molecule has 0 aliphatic carbocycles. The van der Waals surface area contributed by atoms with Crippen LogP contribution in [-0.4, -0.2) is 55.1 Å². The molecule has 2 aliphatic heterocycles. The summed E-state index contributed by atoms with van der Waals surface area (Å²) < 4.78 is 6.09. The number of nitrogens with zero attached hydrogens (tertiary/aromatic N) is 3. The van der Waals surface area contributed by atoms with Gasteiger partial charge >= 0.3 is 0 Å². The van der Waals surface area contributed by atoms with Crippen molar-refractivity contribution in [1.82, 2.24) is 4.90 Å². The normalized spacial score (nSPS) is 16.7. The summed E-state index contributed by atoms with van der Waals surface area (Å²) in [5.41, 5.74) is 4.31. The molecule has 3 aromatic carbocycles. The van der Waals surface area contributed by atoms with E-state index in [2.05, 4.69) is 46.7 Å². The number of Topliss-reactive ketones (excluding diaryl/α,β-unsaturated/α-hetero) is 1. The molecule has 2 aliphatic rings. The predicted molar refractivity (Wildman–Crippen MR) is 150 cm³/mol. The average molecular weight is 518 g/mol. The van der Waals surface area contributed by atoms with Crippen LogP contribution in [0.4, 0.5) is 11.4 Å². The number of rotatable bonds is 7. The summed E-state index contributed by atoms with van der Waals surface area (Å²) in [6.45, 7) is 10.0. The van der Waals surface area contributed by atoms with Crippen molar-refractivity contribution in [3.63, 3.8) is 0 Å². The molecular formula is C30H32ClN3O3. The second-order valence-corrected chi connectivity index (χ2v) is 9.82. The predicted octanol–water partition coefficient (Wildman–Crippen LogP) is 5.83. The maximum atomic E-state index is 13.1. The van der Waals surface area contributed by atoms with Gasteiger partial charge in [-0.3, -0.25) is 9.69 Å². The molecule has 3 aromatic rings. The van der Waals surface area contributed by atoms with Crippen LogP contribution in [0.25, 0.3) is 6.08 Å². The highest BCUT2D eigenvalue weighted by molar-refractivity contribution is 6.30. The summed E-state index contributed by atoms with van der Waals surface area (Å²) in [6.07, 6.45) is 1.78. The van der Waals surface area contributed by atoms with Gasteiger partial charge in [-0.05, 0) is 68.0 Å². The number of piperazine rings is 1. The third kappa shape index (κ3) is 5.31. The SMILES string of the molecule is CCN(CC)c1ccc(/C=C2/Oc3c(ccc(O)c3CN3CCN(c4cccc(Cl)c4)CC3)C2=O)cc1. The number of anilines is 2. The number of benzene rings is 3. The largest absolute Gasteiger partial charge is 0.507 e. The van der Waals surface area contributed by atoms with E-state index in [1.165, 1.54) is 0 Å². The van der Waals surface area contributed by atoms with Crippen molar-refractivity contribution in [3.8, 4) is 11.5 Å². The monoisotopic (exact) mass is 517 g/mol. The maximum absolute atomic E-state index is 13.1. The van der Waals surface area contributed by atoms with Gasteiger partial charge in [0.05, 0.1) is 11.1 Å². The summed E-state index contributed by atoms with van der Waals surface area (Å²) in [4.78, 5) is 20.0. The number of phenols is 1. The van der Waals surface area contributed by atoms with Crippen LogP contribution in [0, 0.1) is 0 Å². The average Bonchev–Trinajstić information content (AvgIpc) is 3.23. The van der Waals surface area contributed by atoms with E-state index in [0.717, 1.165) is 61.2 Å². The van der Waals surface area contributed by atoms with Gasteiger partial charge in [0.2, 0.25) is 5.78 Å². The minimum Gasteiger partial charge on any atom is -0.507 e. The Morgan fingerprint density at radius 2 is 1.73 bits per heavy atom. The second kappa shape index (κ2) is 10.9. The quantitative estimate of drug-likeness (QED) is 0.398. The lowest BCUT2D eigenvalue weighted by atomic mass is 10.0. The number of hydrogen-bond acceptors (Lipinski definition) is 6. The second-order valence-electron chi connectivity index (χ2n) is 9.39. The van der Waals surface area contributed by atoms with E-state index in [4.69, 9.17) is 16.3 Å². The van der Waals surface area contributed by atoms with Crippen molar-refractivity contribution < 1.29 is 14.6 Å². The van der Waals surface area contributed by atoms with Crippen LogP contribution in [0.2, 0.25) is 5.02 Å². The summed E-state index contributed by atoms with van der Waals surface area (Å²) in [7, 11) is 0. The Labute approximate surface area is 223 Å². The number of allylic oxidation sites excluding steroid dienone is 1. The third-order valence-electron chi connectivity index (χ3n) is 7.16. The van der Waals surface area contributed by atoms with Gasteiger partial charge in [0.1, 0.15) is 11.5 Å². The van der Waals surface area contributed by atoms with E-state index in [-0.39, 0.29) is 17.3 Å². The Morgan fingerprint density at radius 1 is 1.00 bits per heavy atom. The van der Waals surface area contributed by atoms with E-state index in [1.54, 1.807) is 18.2 Å². The molecule has 0 amide bonds. The molecular weight excluding hydrogens is 486 g/mol. The van der Waals surface area contributed by atoms with Crippen molar-refractivity contribution in [3.05, 3.63) is 88.1 Å². The minimum absolute atomic E-state index is 0.147. The Hall–Kier alpha value is -3.48. The Kier molecular flexibility index (Phi) is 7.40. The summed E-state index contributed by atoms with van der Waals surface area (Å²) in [5.74, 6) is 0.736. The van der Waals surface area contributed by atoms with Crippen LogP contribution in [0.5, 0.6) is 11.5 Å². The zero-order valence-corrected chi connectivity index (χ0v) is 22.0. The fourth-order valence-electron chi connectivity index (χ4n) is 5.03. The molecule has 0 unspecified atom stereocenters. The number of fused-ring (bicyclic) bond motifs is 1. The zero-order chi connectivity index (χ0) is 25.9. The van der Waals surface area contributed by atoms with Gasteiger partial charge in [0, 0.05) is 62.2 Å². The van der Waals surface area contributed by atoms with Gasteiger partial charge in [-0.2, -0.15) is 0 Å². The van der Waals surface area contributed by atoms with Gasteiger partial charge in [0.25, 0.3) is 0 Å².